The number of rotatable bonds is 3. The maximum Gasteiger partial charge on any atom is 0.241 e. The zero-order chi connectivity index (χ0) is 14.9. The molecular formula is C12H16BrN3O3S. The molecule has 2 atom stereocenters. The third-order valence-corrected chi connectivity index (χ3v) is 4.91. The SMILES string of the molecule is CC1CCNC1C(=O)Nc1ccc(S(N)(=O)=O)cc1Br. The van der Waals surface area contributed by atoms with Crippen LogP contribution in [0.2, 0.25) is 0 Å². The summed E-state index contributed by atoms with van der Waals surface area (Å²) in [5, 5.41) is 11.0. The van der Waals surface area contributed by atoms with Crippen molar-refractivity contribution in [3.8, 4) is 0 Å². The second kappa shape index (κ2) is 5.80. The highest BCUT2D eigenvalue weighted by Crippen LogP contribution is 2.26. The number of nitrogens with one attached hydrogen (secondary N) is 2. The molecule has 6 nitrogen and oxygen atoms in total. The summed E-state index contributed by atoms with van der Waals surface area (Å²) in [6.07, 6.45) is 0.962. The maximum atomic E-state index is 12.1. The van der Waals surface area contributed by atoms with Crippen LogP contribution in [0.15, 0.2) is 27.6 Å². The zero-order valence-corrected chi connectivity index (χ0v) is 13.3. The van der Waals surface area contributed by atoms with E-state index in [1.54, 1.807) is 0 Å². The molecule has 1 aromatic carbocycles. The van der Waals surface area contributed by atoms with Crippen molar-refractivity contribution in [1.29, 1.82) is 0 Å². The van der Waals surface area contributed by atoms with Crippen molar-refractivity contribution in [2.75, 3.05) is 11.9 Å². The van der Waals surface area contributed by atoms with Gasteiger partial charge in [-0.15, -0.1) is 0 Å². The number of nitrogens with two attached hydrogens (primary N) is 1. The van der Waals surface area contributed by atoms with Crippen LogP contribution in [0.1, 0.15) is 13.3 Å². The van der Waals surface area contributed by atoms with E-state index in [0.29, 0.717) is 10.2 Å². The fourth-order valence-electron chi connectivity index (χ4n) is 2.17. The first-order valence-electron chi connectivity index (χ1n) is 6.15. The molecule has 1 aliphatic heterocycles. The molecule has 0 aliphatic carbocycles. The van der Waals surface area contributed by atoms with E-state index in [0.717, 1.165) is 13.0 Å². The van der Waals surface area contributed by atoms with Gasteiger partial charge in [-0.05, 0) is 53.0 Å². The van der Waals surface area contributed by atoms with Crippen LogP contribution >= 0.6 is 15.9 Å². The number of carbonyl (C=O) groups excluding carboxylic acids is 1. The molecule has 1 amide bonds. The van der Waals surface area contributed by atoms with E-state index in [1.807, 2.05) is 6.92 Å². The lowest BCUT2D eigenvalue weighted by Gasteiger charge is -2.16. The fraction of sp³-hybridized carbons (Fsp3) is 0.417. The number of halogens is 1. The van der Waals surface area contributed by atoms with Crippen LogP contribution in [0, 0.1) is 5.92 Å². The molecule has 1 aromatic rings. The molecule has 0 saturated carbocycles. The van der Waals surface area contributed by atoms with E-state index < -0.39 is 10.0 Å². The molecule has 1 fully saturated rings. The van der Waals surface area contributed by atoms with Crippen LogP contribution in [0.25, 0.3) is 0 Å². The summed E-state index contributed by atoms with van der Waals surface area (Å²) in [4.78, 5) is 12.1. The number of amides is 1. The Kier molecular flexibility index (Phi) is 4.48. The third kappa shape index (κ3) is 3.38. The number of carbonyl (C=O) groups is 1. The van der Waals surface area contributed by atoms with Crippen LogP contribution in [-0.4, -0.2) is 26.9 Å². The van der Waals surface area contributed by atoms with Gasteiger partial charge in [0, 0.05) is 4.47 Å². The first kappa shape index (κ1) is 15.4. The van der Waals surface area contributed by atoms with Crippen LogP contribution in [0.4, 0.5) is 5.69 Å². The van der Waals surface area contributed by atoms with E-state index >= 15 is 0 Å². The lowest BCUT2D eigenvalue weighted by atomic mass is 10.0. The van der Waals surface area contributed by atoms with Gasteiger partial charge in [0.25, 0.3) is 0 Å². The van der Waals surface area contributed by atoms with Gasteiger partial charge in [-0.1, -0.05) is 6.92 Å². The smallest absolute Gasteiger partial charge is 0.241 e. The summed E-state index contributed by atoms with van der Waals surface area (Å²) in [7, 11) is -3.75. The molecule has 0 spiro atoms. The summed E-state index contributed by atoms with van der Waals surface area (Å²) >= 11 is 3.24. The van der Waals surface area contributed by atoms with Crippen LogP contribution in [0.3, 0.4) is 0 Å². The number of hydrogen-bond donors (Lipinski definition) is 3. The summed E-state index contributed by atoms with van der Waals surface area (Å²) in [5.74, 6) is 0.150. The van der Waals surface area contributed by atoms with Crippen molar-refractivity contribution in [1.82, 2.24) is 5.32 Å². The Bertz CT molecular complexity index is 633. The largest absolute Gasteiger partial charge is 0.324 e. The van der Waals surface area contributed by atoms with Gasteiger partial charge in [0.1, 0.15) is 0 Å². The number of sulfonamides is 1. The standard InChI is InChI=1S/C12H16BrN3O3S/c1-7-4-5-15-11(7)12(17)16-10-3-2-8(6-9(10)13)20(14,18)19/h2-3,6-7,11,15H,4-5H2,1H3,(H,16,17)(H2,14,18,19). The van der Waals surface area contributed by atoms with Gasteiger partial charge in [0.2, 0.25) is 15.9 Å². The minimum absolute atomic E-state index is 0.00488. The van der Waals surface area contributed by atoms with Gasteiger partial charge in [-0.25, -0.2) is 13.6 Å². The molecule has 8 heteroatoms. The van der Waals surface area contributed by atoms with Crippen molar-refractivity contribution >= 4 is 37.5 Å². The molecular weight excluding hydrogens is 346 g/mol. The van der Waals surface area contributed by atoms with Crippen LogP contribution < -0.4 is 15.8 Å². The van der Waals surface area contributed by atoms with Gasteiger partial charge >= 0.3 is 0 Å². The lowest BCUT2D eigenvalue weighted by molar-refractivity contribution is -0.118. The second-order valence-corrected chi connectivity index (χ2v) is 7.29. The topological polar surface area (TPSA) is 101 Å². The number of benzene rings is 1. The van der Waals surface area contributed by atoms with Crippen molar-refractivity contribution in [3.63, 3.8) is 0 Å². The molecule has 1 heterocycles. The molecule has 110 valence electrons. The first-order valence-corrected chi connectivity index (χ1v) is 8.49. The highest BCUT2D eigenvalue weighted by Gasteiger charge is 2.29. The molecule has 4 N–H and O–H groups in total. The van der Waals surface area contributed by atoms with Gasteiger partial charge in [-0.3, -0.25) is 4.79 Å². The summed E-state index contributed by atoms with van der Waals surface area (Å²) in [5.41, 5.74) is 0.517. The predicted octanol–water partition coefficient (Wildman–Crippen LogP) is 1.03. The highest BCUT2D eigenvalue weighted by molar-refractivity contribution is 9.10. The van der Waals surface area contributed by atoms with E-state index in [-0.39, 0.29) is 22.8 Å². The van der Waals surface area contributed by atoms with E-state index in [4.69, 9.17) is 5.14 Å². The molecule has 1 saturated heterocycles. The summed E-state index contributed by atoms with van der Waals surface area (Å²) in [6, 6.07) is 4.03. The Morgan fingerprint density at radius 3 is 2.70 bits per heavy atom. The Hall–Kier alpha value is -0.960. The lowest BCUT2D eigenvalue weighted by Crippen LogP contribution is -2.39. The first-order chi connectivity index (χ1) is 9.29. The minimum atomic E-state index is -3.75. The van der Waals surface area contributed by atoms with Crippen molar-refractivity contribution < 1.29 is 13.2 Å². The Labute approximate surface area is 126 Å². The Morgan fingerprint density at radius 1 is 1.50 bits per heavy atom. The molecule has 0 aromatic heterocycles. The van der Waals surface area contributed by atoms with E-state index in [9.17, 15) is 13.2 Å². The number of hydrogen-bond acceptors (Lipinski definition) is 4. The van der Waals surface area contributed by atoms with Crippen molar-refractivity contribution in [3.05, 3.63) is 22.7 Å². The highest BCUT2D eigenvalue weighted by atomic mass is 79.9. The van der Waals surface area contributed by atoms with Crippen LogP contribution in [-0.2, 0) is 14.8 Å². The molecule has 2 rings (SSSR count). The average Bonchev–Trinajstić information content (AvgIpc) is 2.76. The van der Waals surface area contributed by atoms with Gasteiger partial charge < -0.3 is 10.6 Å². The third-order valence-electron chi connectivity index (χ3n) is 3.34. The molecule has 20 heavy (non-hydrogen) atoms. The van der Waals surface area contributed by atoms with Crippen molar-refractivity contribution in [2.24, 2.45) is 11.1 Å². The quantitative estimate of drug-likeness (QED) is 0.748. The molecule has 0 bridgehead atoms. The number of primary sulfonamides is 1. The minimum Gasteiger partial charge on any atom is -0.324 e. The predicted molar refractivity (Wildman–Crippen MR) is 79.7 cm³/mol. The fourth-order valence-corrected chi connectivity index (χ4v) is 3.34. The molecule has 2 unspecified atom stereocenters. The normalized spacial score (nSPS) is 22.8. The molecule has 0 radical (unpaired) electrons. The number of anilines is 1. The van der Waals surface area contributed by atoms with Gasteiger partial charge in [0.15, 0.2) is 0 Å². The Balaban J connectivity index is 2.16. The average molecular weight is 362 g/mol. The van der Waals surface area contributed by atoms with Crippen LogP contribution in [0.5, 0.6) is 0 Å². The second-order valence-electron chi connectivity index (χ2n) is 4.87. The summed E-state index contributed by atoms with van der Waals surface area (Å²) in [6.45, 7) is 2.84. The summed E-state index contributed by atoms with van der Waals surface area (Å²) < 4.78 is 22.9. The maximum absolute atomic E-state index is 12.1. The van der Waals surface area contributed by atoms with E-state index in [1.165, 1.54) is 18.2 Å². The van der Waals surface area contributed by atoms with Gasteiger partial charge in [0.05, 0.1) is 16.6 Å². The van der Waals surface area contributed by atoms with E-state index in [2.05, 4.69) is 26.6 Å². The van der Waals surface area contributed by atoms with Gasteiger partial charge in [-0.2, -0.15) is 0 Å². The zero-order valence-electron chi connectivity index (χ0n) is 10.9. The monoisotopic (exact) mass is 361 g/mol. The Morgan fingerprint density at radius 2 is 2.20 bits per heavy atom. The van der Waals surface area contributed by atoms with Crippen molar-refractivity contribution in [2.45, 2.75) is 24.3 Å². The molecule has 1 aliphatic rings.